The average Bonchev–Trinajstić information content (AvgIpc) is 3.14. The van der Waals surface area contributed by atoms with Crippen LogP contribution in [0.1, 0.15) is 13.3 Å². The van der Waals surface area contributed by atoms with E-state index in [4.69, 9.17) is 0 Å². The second kappa shape index (κ2) is 7.36. The van der Waals surface area contributed by atoms with Crippen LogP contribution in [-0.2, 0) is 13.6 Å². The maximum Gasteiger partial charge on any atom is 0.200 e. The molecule has 3 heterocycles. The molecule has 1 aromatic carbocycles. The first-order valence-electron chi connectivity index (χ1n) is 9.20. The van der Waals surface area contributed by atoms with Crippen molar-refractivity contribution in [2.75, 3.05) is 0 Å². The lowest BCUT2D eigenvalue weighted by atomic mass is 10.1. The molecular weight excluding hydrogens is 354 g/mol. The molecule has 142 valence electrons. The quantitative estimate of drug-likeness (QED) is 0.580. The number of rotatable bonds is 5. The van der Waals surface area contributed by atoms with Gasteiger partial charge in [0, 0.05) is 36.6 Å². The summed E-state index contributed by atoms with van der Waals surface area (Å²) < 4.78 is 3.52. The van der Waals surface area contributed by atoms with Gasteiger partial charge in [-0.25, -0.2) is 9.67 Å². The summed E-state index contributed by atoms with van der Waals surface area (Å²) in [5.74, 6) is 0.916. The van der Waals surface area contributed by atoms with Crippen LogP contribution in [0.4, 0.5) is 0 Å². The fourth-order valence-electron chi connectivity index (χ4n) is 3.21. The molecule has 4 rings (SSSR count). The van der Waals surface area contributed by atoms with E-state index in [-0.39, 0.29) is 12.0 Å². The minimum Gasteiger partial charge on any atom is -0.391 e. The molecule has 0 saturated heterocycles. The molecule has 0 aliphatic heterocycles. The number of aliphatic hydroxyl groups is 1. The van der Waals surface area contributed by atoms with Crippen molar-refractivity contribution in [2.45, 2.75) is 26.0 Å². The minimum atomic E-state index is -0.577. The third-order valence-electron chi connectivity index (χ3n) is 4.78. The predicted octanol–water partition coefficient (Wildman–Crippen LogP) is 2.63. The van der Waals surface area contributed by atoms with Gasteiger partial charge in [-0.1, -0.05) is 19.1 Å². The Labute approximate surface area is 161 Å². The molecule has 4 aromatic rings. The summed E-state index contributed by atoms with van der Waals surface area (Å²) >= 11 is 0. The Kier molecular flexibility index (Phi) is 4.75. The van der Waals surface area contributed by atoms with Crippen molar-refractivity contribution in [1.82, 2.24) is 24.3 Å². The fraction of sp³-hybridized carbons (Fsp3) is 0.238. The third kappa shape index (κ3) is 3.20. The Morgan fingerprint density at radius 3 is 2.75 bits per heavy atom. The van der Waals surface area contributed by atoms with Crippen LogP contribution in [0.5, 0.6) is 0 Å². The van der Waals surface area contributed by atoms with Gasteiger partial charge in [-0.2, -0.15) is 5.10 Å². The Balaban J connectivity index is 1.94. The molecule has 0 aliphatic carbocycles. The monoisotopic (exact) mass is 375 g/mol. The van der Waals surface area contributed by atoms with E-state index in [1.54, 1.807) is 23.3 Å². The highest BCUT2D eigenvalue weighted by atomic mass is 16.3. The normalized spacial score (nSPS) is 12.4. The van der Waals surface area contributed by atoms with Crippen LogP contribution in [0.2, 0.25) is 0 Å². The molecular formula is C21H21N5O2. The van der Waals surface area contributed by atoms with E-state index < -0.39 is 6.10 Å². The van der Waals surface area contributed by atoms with Gasteiger partial charge in [0.1, 0.15) is 0 Å². The van der Waals surface area contributed by atoms with Crippen LogP contribution < -0.4 is 5.43 Å². The summed E-state index contributed by atoms with van der Waals surface area (Å²) in [5.41, 5.74) is 1.95. The molecule has 0 bridgehead atoms. The fourth-order valence-corrected chi connectivity index (χ4v) is 3.21. The molecule has 0 radical (unpaired) electrons. The van der Waals surface area contributed by atoms with E-state index >= 15 is 0 Å². The minimum absolute atomic E-state index is 0.105. The summed E-state index contributed by atoms with van der Waals surface area (Å²) in [6.07, 6.45) is 5.14. The van der Waals surface area contributed by atoms with E-state index in [1.807, 2.05) is 54.9 Å². The topological polar surface area (TPSA) is 85.8 Å². The van der Waals surface area contributed by atoms with Gasteiger partial charge in [-0.15, -0.1) is 0 Å². The first-order valence-corrected chi connectivity index (χ1v) is 9.20. The van der Waals surface area contributed by atoms with Crippen molar-refractivity contribution in [3.63, 3.8) is 0 Å². The number of para-hydroxylation sites is 1. The highest BCUT2D eigenvalue weighted by molar-refractivity contribution is 5.83. The second-order valence-corrected chi connectivity index (χ2v) is 6.74. The van der Waals surface area contributed by atoms with Gasteiger partial charge in [0.05, 0.1) is 23.7 Å². The zero-order valence-electron chi connectivity index (χ0n) is 15.8. The van der Waals surface area contributed by atoms with Crippen LogP contribution in [-0.4, -0.2) is 35.5 Å². The highest BCUT2D eigenvalue weighted by Crippen LogP contribution is 2.22. The van der Waals surface area contributed by atoms with E-state index in [1.165, 1.54) is 0 Å². The molecule has 0 unspecified atom stereocenters. The molecule has 7 nitrogen and oxygen atoms in total. The standard InChI is InChI=1S/C21H21N5O2/c1-3-15(27)12-26-21(23-20(24-26)14-7-6-10-22-11-14)17-13-25(2)18-9-5-4-8-16(18)19(17)28/h4-11,13,15,27H,3,12H2,1-2H3/t15-/m1/s1. The summed E-state index contributed by atoms with van der Waals surface area (Å²) in [5, 5.41) is 15.3. The van der Waals surface area contributed by atoms with Crippen molar-refractivity contribution in [3.05, 3.63) is 65.2 Å². The zero-order valence-corrected chi connectivity index (χ0v) is 15.8. The zero-order chi connectivity index (χ0) is 19.7. The summed E-state index contributed by atoms with van der Waals surface area (Å²) in [6, 6.07) is 11.1. The predicted molar refractivity (Wildman–Crippen MR) is 108 cm³/mol. The van der Waals surface area contributed by atoms with Crippen molar-refractivity contribution in [2.24, 2.45) is 7.05 Å². The molecule has 0 fully saturated rings. The van der Waals surface area contributed by atoms with Gasteiger partial charge in [-0.05, 0) is 30.7 Å². The number of pyridine rings is 2. The Bertz CT molecular complexity index is 1180. The number of fused-ring (bicyclic) bond motifs is 1. The summed E-state index contributed by atoms with van der Waals surface area (Å²) in [7, 11) is 1.90. The second-order valence-electron chi connectivity index (χ2n) is 6.74. The number of aryl methyl sites for hydroxylation is 1. The molecule has 1 N–H and O–H groups in total. The third-order valence-corrected chi connectivity index (χ3v) is 4.78. The van der Waals surface area contributed by atoms with Crippen LogP contribution >= 0.6 is 0 Å². The number of nitrogens with zero attached hydrogens (tertiary/aromatic N) is 5. The lowest BCUT2D eigenvalue weighted by Crippen LogP contribution is -2.19. The number of hydrogen-bond acceptors (Lipinski definition) is 5. The van der Waals surface area contributed by atoms with Crippen LogP contribution in [0.3, 0.4) is 0 Å². The number of hydrogen-bond donors (Lipinski definition) is 1. The lowest BCUT2D eigenvalue weighted by Gasteiger charge is -2.12. The molecule has 0 spiro atoms. The van der Waals surface area contributed by atoms with Gasteiger partial charge in [0.15, 0.2) is 17.1 Å². The Hall–Kier alpha value is -3.32. The van der Waals surface area contributed by atoms with E-state index in [0.29, 0.717) is 29.0 Å². The number of aliphatic hydroxyl groups excluding tert-OH is 1. The first-order chi connectivity index (χ1) is 13.6. The smallest absolute Gasteiger partial charge is 0.200 e. The molecule has 1 atom stereocenters. The molecule has 3 aromatic heterocycles. The highest BCUT2D eigenvalue weighted by Gasteiger charge is 2.19. The van der Waals surface area contributed by atoms with Gasteiger partial charge in [0.2, 0.25) is 0 Å². The average molecular weight is 375 g/mol. The molecule has 7 heteroatoms. The van der Waals surface area contributed by atoms with Crippen molar-refractivity contribution in [3.8, 4) is 22.8 Å². The molecule has 28 heavy (non-hydrogen) atoms. The van der Waals surface area contributed by atoms with Gasteiger partial charge in [-0.3, -0.25) is 9.78 Å². The number of aromatic nitrogens is 5. The summed E-state index contributed by atoms with van der Waals surface area (Å²) in [6.45, 7) is 2.16. The van der Waals surface area contributed by atoms with Gasteiger partial charge < -0.3 is 9.67 Å². The van der Waals surface area contributed by atoms with Crippen molar-refractivity contribution in [1.29, 1.82) is 0 Å². The van der Waals surface area contributed by atoms with Crippen molar-refractivity contribution < 1.29 is 5.11 Å². The first kappa shape index (κ1) is 18.1. The lowest BCUT2D eigenvalue weighted by molar-refractivity contribution is 0.146. The Morgan fingerprint density at radius 1 is 1.18 bits per heavy atom. The maximum absolute atomic E-state index is 13.2. The van der Waals surface area contributed by atoms with Crippen LogP contribution in [0.25, 0.3) is 33.7 Å². The molecule has 0 aliphatic rings. The van der Waals surface area contributed by atoms with Gasteiger partial charge in [0.25, 0.3) is 0 Å². The van der Waals surface area contributed by atoms with Crippen LogP contribution in [0.15, 0.2) is 59.8 Å². The van der Waals surface area contributed by atoms with Crippen molar-refractivity contribution >= 4 is 10.9 Å². The Morgan fingerprint density at radius 2 is 2.00 bits per heavy atom. The van der Waals surface area contributed by atoms with E-state index in [9.17, 15) is 9.90 Å². The summed E-state index contributed by atoms with van der Waals surface area (Å²) in [4.78, 5) is 21.9. The van der Waals surface area contributed by atoms with E-state index in [2.05, 4.69) is 15.1 Å². The number of benzene rings is 1. The maximum atomic E-state index is 13.2. The van der Waals surface area contributed by atoms with Crippen LogP contribution in [0, 0.1) is 0 Å². The SMILES string of the molecule is CC[C@@H](O)Cn1nc(-c2cccnc2)nc1-c1cn(C)c2ccccc2c1=O. The largest absolute Gasteiger partial charge is 0.391 e. The van der Waals surface area contributed by atoms with E-state index in [0.717, 1.165) is 11.1 Å². The van der Waals surface area contributed by atoms with Gasteiger partial charge >= 0.3 is 0 Å². The molecule has 0 amide bonds. The molecule has 0 saturated carbocycles.